The zero-order chi connectivity index (χ0) is 12.5. The highest BCUT2D eigenvalue weighted by Gasteiger charge is 2.38. The molecule has 1 N–H and O–H groups in total. The van der Waals surface area contributed by atoms with Gasteiger partial charge in [0.15, 0.2) is 0 Å². The Morgan fingerprint density at radius 3 is 2.67 bits per heavy atom. The zero-order valence-electron chi connectivity index (χ0n) is 11.1. The molecule has 0 spiro atoms. The van der Waals surface area contributed by atoms with Crippen LogP contribution in [0.15, 0.2) is 30.3 Å². The summed E-state index contributed by atoms with van der Waals surface area (Å²) in [5.74, 6) is 1.25. The van der Waals surface area contributed by atoms with Crippen molar-refractivity contribution in [3.63, 3.8) is 0 Å². The Bertz CT molecular complexity index is 391. The number of fused-ring (bicyclic) bond motifs is 2. The first-order valence-corrected chi connectivity index (χ1v) is 7.21. The molecule has 1 heterocycles. The van der Waals surface area contributed by atoms with Crippen molar-refractivity contribution in [1.29, 1.82) is 0 Å². The molecule has 98 valence electrons. The topological polar surface area (TPSA) is 23.5 Å². The van der Waals surface area contributed by atoms with Crippen LogP contribution in [0.25, 0.3) is 0 Å². The van der Waals surface area contributed by atoms with Gasteiger partial charge in [0, 0.05) is 19.1 Å². The van der Waals surface area contributed by atoms with Crippen LogP contribution in [-0.4, -0.2) is 29.1 Å². The van der Waals surface area contributed by atoms with Gasteiger partial charge in [-0.1, -0.05) is 37.3 Å². The van der Waals surface area contributed by atoms with Gasteiger partial charge >= 0.3 is 0 Å². The molecular weight excluding hydrogens is 222 g/mol. The summed E-state index contributed by atoms with van der Waals surface area (Å²) >= 11 is 0. The van der Waals surface area contributed by atoms with Crippen molar-refractivity contribution >= 4 is 0 Å². The maximum absolute atomic E-state index is 10.4. The highest BCUT2D eigenvalue weighted by Crippen LogP contribution is 2.38. The van der Waals surface area contributed by atoms with Crippen LogP contribution in [0, 0.1) is 11.8 Å². The van der Waals surface area contributed by atoms with Gasteiger partial charge in [0.25, 0.3) is 0 Å². The Morgan fingerprint density at radius 2 is 2.06 bits per heavy atom. The molecule has 0 aromatic heterocycles. The number of rotatable bonds is 4. The first-order chi connectivity index (χ1) is 8.74. The first kappa shape index (κ1) is 12.2. The fourth-order valence-corrected chi connectivity index (χ4v) is 3.70. The van der Waals surface area contributed by atoms with Crippen LogP contribution in [0.1, 0.15) is 37.9 Å². The molecular formula is C16H23NO. The second-order valence-corrected chi connectivity index (χ2v) is 6.12. The Balaban J connectivity index is 1.60. The van der Waals surface area contributed by atoms with Gasteiger partial charge in [0.1, 0.15) is 0 Å². The normalized spacial score (nSPS) is 30.6. The number of hydrogen-bond donors (Lipinski definition) is 1. The quantitative estimate of drug-likeness (QED) is 0.881. The predicted molar refractivity (Wildman–Crippen MR) is 73.3 cm³/mol. The number of piperidine rings is 1. The van der Waals surface area contributed by atoms with E-state index in [4.69, 9.17) is 0 Å². The number of benzene rings is 1. The van der Waals surface area contributed by atoms with Gasteiger partial charge in [-0.3, -0.25) is 4.90 Å². The summed E-state index contributed by atoms with van der Waals surface area (Å²) in [5, 5.41) is 10.4. The largest absolute Gasteiger partial charge is 0.388 e. The standard InChI is InChI=1S/C16H23NO/c1-12(16(18)14-5-3-2-4-6-14)10-17-11-13-7-8-15(17)9-13/h2-6,12-13,15-16,18H,7-11H2,1H3. The highest BCUT2D eigenvalue weighted by molar-refractivity contribution is 5.18. The first-order valence-electron chi connectivity index (χ1n) is 7.21. The van der Waals surface area contributed by atoms with E-state index in [0.29, 0.717) is 5.92 Å². The summed E-state index contributed by atoms with van der Waals surface area (Å²) < 4.78 is 0. The van der Waals surface area contributed by atoms with Crippen molar-refractivity contribution in [2.45, 2.75) is 38.3 Å². The van der Waals surface area contributed by atoms with Gasteiger partial charge < -0.3 is 5.11 Å². The summed E-state index contributed by atoms with van der Waals surface area (Å²) in [7, 11) is 0. The van der Waals surface area contributed by atoms with Gasteiger partial charge in [0.05, 0.1) is 6.10 Å². The van der Waals surface area contributed by atoms with Gasteiger partial charge in [0.2, 0.25) is 0 Å². The molecule has 1 aromatic carbocycles. The number of aliphatic hydroxyl groups is 1. The van der Waals surface area contributed by atoms with Crippen molar-refractivity contribution in [2.75, 3.05) is 13.1 Å². The monoisotopic (exact) mass is 245 g/mol. The summed E-state index contributed by atoms with van der Waals surface area (Å²) in [4.78, 5) is 2.60. The lowest BCUT2D eigenvalue weighted by atomic mass is 9.96. The van der Waals surface area contributed by atoms with Crippen LogP contribution in [0.5, 0.6) is 0 Å². The van der Waals surface area contributed by atoms with Gasteiger partial charge in [-0.05, 0) is 36.7 Å². The third kappa shape index (κ3) is 2.32. The molecule has 2 nitrogen and oxygen atoms in total. The third-order valence-electron chi connectivity index (χ3n) is 4.73. The zero-order valence-corrected chi connectivity index (χ0v) is 11.1. The van der Waals surface area contributed by atoms with E-state index in [-0.39, 0.29) is 6.10 Å². The van der Waals surface area contributed by atoms with Gasteiger partial charge in [-0.15, -0.1) is 0 Å². The summed E-state index contributed by atoms with van der Waals surface area (Å²) in [6, 6.07) is 10.9. The van der Waals surface area contributed by atoms with Gasteiger partial charge in [-0.2, -0.15) is 0 Å². The predicted octanol–water partition coefficient (Wildman–Crippen LogP) is 2.84. The molecule has 3 rings (SSSR count). The maximum atomic E-state index is 10.4. The molecule has 2 bridgehead atoms. The molecule has 0 radical (unpaired) electrons. The number of likely N-dealkylation sites (tertiary alicyclic amines) is 1. The van der Waals surface area contributed by atoms with E-state index < -0.39 is 0 Å². The van der Waals surface area contributed by atoms with E-state index >= 15 is 0 Å². The summed E-state index contributed by atoms with van der Waals surface area (Å²) in [5.41, 5.74) is 1.05. The van der Waals surface area contributed by atoms with E-state index in [0.717, 1.165) is 24.1 Å². The molecule has 2 aliphatic rings. The fraction of sp³-hybridized carbons (Fsp3) is 0.625. The molecule has 1 aromatic rings. The minimum Gasteiger partial charge on any atom is -0.388 e. The Kier molecular flexibility index (Phi) is 3.40. The average molecular weight is 245 g/mol. The van der Waals surface area contributed by atoms with Crippen molar-refractivity contribution in [3.8, 4) is 0 Å². The molecule has 1 saturated carbocycles. The Labute approximate surface area is 110 Å². The van der Waals surface area contributed by atoms with E-state index in [9.17, 15) is 5.11 Å². The fourth-order valence-electron chi connectivity index (χ4n) is 3.70. The maximum Gasteiger partial charge on any atom is 0.0827 e. The van der Waals surface area contributed by atoms with Crippen molar-refractivity contribution in [2.24, 2.45) is 11.8 Å². The smallest absolute Gasteiger partial charge is 0.0827 e. The Morgan fingerprint density at radius 1 is 1.28 bits per heavy atom. The number of aliphatic hydroxyl groups excluding tert-OH is 1. The molecule has 4 unspecified atom stereocenters. The van der Waals surface area contributed by atoms with E-state index in [1.807, 2.05) is 30.3 Å². The molecule has 1 saturated heterocycles. The van der Waals surface area contributed by atoms with Crippen LogP contribution in [0.2, 0.25) is 0 Å². The van der Waals surface area contributed by atoms with Crippen LogP contribution in [-0.2, 0) is 0 Å². The second kappa shape index (κ2) is 5.02. The minimum absolute atomic E-state index is 0.312. The van der Waals surface area contributed by atoms with Crippen LogP contribution < -0.4 is 0 Å². The van der Waals surface area contributed by atoms with Crippen LogP contribution in [0.4, 0.5) is 0 Å². The Hall–Kier alpha value is -0.860. The molecule has 4 atom stereocenters. The molecule has 2 fully saturated rings. The van der Waals surface area contributed by atoms with Crippen molar-refractivity contribution in [3.05, 3.63) is 35.9 Å². The molecule has 1 aliphatic carbocycles. The van der Waals surface area contributed by atoms with Crippen molar-refractivity contribution < 1.29 is 5.11 Å². The van der Waals surface area contributed by atoms with Crippen LogP contribution in [0.3, 0.4) is 0 Å². The number of hydrogen-bond acceptors (Lipinski definition) is 2. The van der Waals surface area contributed by atoms with E-state index in [2.05, 4.69) is 11.8 Å². The summed E-state index contributed by atoms with van der Waals surface area (Å²) in [6.07, 6.45) is 3.87. The van der Waals surface area contributed by atoms with Gasteiger partial charge in [-0.25, -0.2) is 0 Å². The molecule has 1 aliphatic heterocycles. The lowest BCUT2D eigenvalue weighted by Crippen LogP contribution is -2.37. The molecule has 18 heavy (non-hydrogen) atoms. The van der Waals surface area contributed by atoms with Crippen LogP contribution >= 0.6 is 0 Å². The van der Waals surface area contributed by atoms with E-state index in [1.165, 1.54) is 25.8 Å². The minimum atomic E-state index is -0.328. The highest BCUT2D eigenvalue weighted by atomic mass is 16.3. The SMILES string of the molecule is CC(CN1CC2CCC1C2)C(O)c1ccccc1. The third-order valence-corrected chi connectivity index (χ3v) is 4.73. The summed E-state index contributed by atoms with van der Waals surface area (Å²) in [6.45, 7) is 4.47. The lowest BCUT2D eigenvalue weighted by molar-refractivity contribution is 0.0780. The lowest BCUT2D eigenvalue weighted by Gasteiger charge is -2.31. The molecule has 2 heteroatoms. The average Bonchev–Trinajstić information content (AvgIpc) is 3.01. The van der Waals surface area contributed by atoms with Crippen molar-refractivity contribution in [1.82, 2.24) is 4.90 Å². The molecule has 0 amide bonds. The second-order valence-electron chi connectivity index (χ2n) is 6.12. The van der Waals surface area contributed by atoms with E-state index in [1.54, 1.807) is 0 Å². The number of nitrogens with zero attached hydrogens (tertiary/aromatic N) is 1.